The van der Waals surface area contributed by atoms with E-state index in [1.807, 2.05) is 5.43 Å². The highest BCUT2D eigenvalue weighted by Crippen LogP contribution is 2.47. The van der Waals surface area contributed by atoms with Gasteiger partial charge >= 0.3 is 0 Å². The number of nitrogens with one attached hydrogen (secondary N) is 2. The van der Waals surface area contributed by atoms with Gasteiger partial charge in [0.25, 0.3) is 0 Å². The second-order valence-electron chi connectivity index (χ2n) is 3.56. The Balaban J connectivity index is 2.93. The highest BCUT2D eigenvalue weighted by atomic mass is 79.9. The Bertz CT molecular complexity index is 535. The minimum Gasteiger partial charge on any atom is -0.324 e. The highest BCUT2D eigenvalue weighted by Gasteiger charge is 2.19. The maximum atomic E-state index is 11.8. The summed E-state index contributed by atoms with van der Waals surface area (Å²) >= 11 is 17.0. The summed E-state index contributed by atoms with van der Waals surface area (Å²) in [4.78, 5) is 22.8. The molecule has 0 saturated heterocycles. The fraction of sp³-hybridized carbons (Fsp3) is 0.200. The van der Waals surface area contributed by atoms with E-state index in [-0.39, 0.29) is 18.7 Å². The van der Waals surface area contributed by atoms with Crippen LogP contribution in [0.25, 0.3) is 0 Å². The number of hydrazine groups is 1. The summed E-state index contributed by atoms with van der Waals surface area (Å²) in [6.45, 7) is 0. The predicted octanol–water partition coefficient (Wildman–Crippen LogP) is 4.21. The molecule has 1 rings (SSSR count). The molecule has 4 N–H and O–H groups in total. The van der Waals surface area contributed by atoms with Crippen molar-refractivity contribution in [1.29, 1.82) is 0 Å². The van der Waals surface area contributed by atoms with E-state index in [0.29, 0.717) is 14.6 Å². The molecule has 5 nitrogen and oxygen atoms in total. The van der Waals surface area contributed by atoms with Gasteiger partial charge in [0.05, 0.1) is 14.6 Å². The van der Waals surface area contributed by atoms with Crippen LogP contribution in [0.4, 0.5) is 5.69 Å². The van der Waals surface area contributed by atoms with E-state index in [2.05, 4.69) is 85.0 Å². The van der Waals surface area contributed by atoms with E-state index in [1.54, 1.807) is 0 Å². The van der Waals surface area contributed by atoms with Gasteiger partial charge in [-0.2, -0.15) is 0 Å². The molecular weight excluding hydrogens is 594 g/mol. The maximum absolute atomic E-state index is 11.8. The van der Waals surface area contributed by atoms with Gasteiger partial charge in [-0.15, -0.1) is 0 Å². The molecule has 10 heteroatoms. The number of anilines is 1. The molecule has 0 fully saturated rings. The third-order valence-electron chi connectivity index (χ3n) is 2.21. The van der Waals surface area contributed by atoms with Gasteiger partial charge < -0.3 is 5.32 Å². The summed E-state index contributed by atoms with van der Waals surface area (Å²) in [6.07, 6.45) is 0.0592. The quantitative estimate of drug-likeness (QED) is 0.159. The zero-order valence-corrected chi connectivity index (χ0v) is 17.6. The van der Waals surface area contributed by atoms with Gasteiger partial charge in [0.2, 0.25) is 11.8 Å². The van der Waals surface area contributed by atoms with E-state index in [1.165, 1.54) is 0 Å². The third-order valence-corrected chi connectivity index (χ3v) is 8.31. The average Bonchev–Trinajstić information content (AvgIpc) is 2.44. The highest BCUT2D eigenvalue weighted by molar-refractivity contribution is 9.15. The first-order chi connectivity index (χ1) is 9.29. The molecule has 2 amide bonds. The molecule has 1 aromatic carbocycles. The number of carbonyl (C=O) groups is 2. The molecule has 0 aromatic heterocycles. The first-order valence-corrected chi connectivity index (χ1v) is 9.06. The second-order valence-corrected chi connectivity index (χ2v) is 7.53. The molecule has 0 aliphatic heterocycles. The SMILES string of the molecule is NNC(=O)CCC(=O)Nc1c(Br)c(Br)c(Br)c(Br)c1Br. The Hall–Kier alpha value is 0.520. The lowest BCUT2D eigenvalue weighted by atomic mass is 10.2. The summed E-state index contributed by atoms with van der Waals surface area (Å²) in [5, 5.41) is 2.73. The van der Waals surface area contributed by atoms with Crippen molar-refractivity contribution in [3.8, 4) is 0 Å². The molecule has 0 heterocycles. The first-order valence-electron chi connectivity index (χ1n) is 5.10. The van der Waals surface area contributed by atoms with Crippen LogP contribution in [-0.2, 0) is 9.59 Å². The van der Waals surface area contributed by atoms with E-state index in [9.17, 15) is 9.59 Å². The summed E-state index contributed by atoms with van der Waals surface area (Å²) in [5.41, 5.74) is 2.53. The lowest BCUT2D eigenvalue weighted by Crippen LogP contribution is -2.30. The number of hydrogen-bond acceptors (Lipinski definition) is 3. The molecule has 0 aliphatic carbocycles. The fourth-order valence-electron chi connectivity index (χ4n) is 1.22. The number of carbonyl (C=O) groups excluding carboxylic acids is 2. The van der Waals surface area contributed by atoms with Crippen LogP contribution in [0.1, 0.15) is 12.8 Å². The Labute approximate surface area is 157 Å². The van der Waals surface area contributed by atoms with Crippen LogP contribution in [0, 0.1) is 0 Å². The van der Waals surface area contributed by atoms with Gasteiger partial charge in [0.15, 0.2) is 0 Å². The summed E-state index contributed by atoms with van der Waals surface area (Å²) in [6, 6.07) is 0. The minimum atomic E-state index is -0.392. The molecule has 0 atom stereocenters. The molecule has 0 bridgehead atoms. The van der Waals surface area contributed by atoms with Crippen molar-refractivity contribution in [3.63, 3.8) is 0 Å². The van der Waals surface area contributed by atoms with Gasteiger partial charge in [0, 0.05) is 26.3 Å². The third kappa shape index (κ3) is 4.51. The van der Waals surface area contributed by atoms with Gasteiger partial charge in [-0.3, -0.25) is 15.0 Å². The van der Waals surface area contributed by atoms with Crippen LogP contribution in [0.3, 0.4) is 0 Å². The Morgan fingerprint density at radius 2 is 1.20 bits per heavy atom. The maximum Gasteiger partial charge on any atom is 0.234 e. The van der Waals surface area contributed by atoms with Gasteiger partial charge in [0.1, 0.15) is 0 Å². The summed E-state index contributed by atoms with van der Waals surface area (Å²) < 4.78 is 3.66. The number of amides is 2. The summed E-state index contributed by atoms with van der Waals surface area (Å²) in [5.74, 6) is 4.26. The largest absolute Gasteiger partial charge is 0.324 e. The van der Waals surface area contributed by atoms with Crippen LogP contribution in [-0.4, -0.2) is 11.8 Å². The van der Waals surface area contributed by atoms with Crippen LogP contribution in [0.5, 0.6) is 0 Å². The zero-order valence-electron chi connectivity index (χ0n) is 9.70. The fourth-order valence-corrected chi connectivity index (χ4v) is 4.46. The molecular formula is C10H8Br5N3O2. The number of nitrogens with two attached hydrogens (primary N) is 1. The number of hydrogen-bond donors (Lipinski definition) is 3. The van der Waals surface area contributed by atoms with Crippen molar-refractivity contribution in [1.82, 2.24) is 5.43 Å². The molecule has 0 saturated carbocycles. The number of rotatable bonds is 4. The molecule has 20 heavy (non-hydrogen) atoms. The van der Waals surface area contributed by atoms with E-state index < -0.39 is 5.91 Å². The van der Waals surface area contributed by atoms with E-state index in [0.717, 1.165) is 13.4 Å². The topological polar surface area (TPSA) is 84.2 Å². The molecule has 110 valence electrons. The molecule has 0 spiro atoms. The Morgan fingerprint density at radius 1 is 0.800 bits per heavy atom. The first kappa shape index (κ1) is 18.6. The van der Waals surface area contributed by atoms with Crippen molar-refractivity contribution in [2.24, 2.45) is 5.84 Å². The van der Waals surface area contributed by atoms with Crippen LogP contribution >= 0.6 is 79.6 Å². The van der Waals surface area contributed by atoms with Crippen molar-refractivity contribution in [3.05, 3.63) is 22.4 Å². The molecule has 0 unspecified atom stereocenters. The summed E-state index contributed by atoms with van der Waals surface area (Å²) in [7, 11) is 0. The number of halogens is 5. The van der Waals surface area contributed by atoms with E-state index in [4.69, 9.17) is 5.84 Å². The van der Waals surface area contributed by atoms with Crippen LogP contribution in [0.15, 0.2) is 22.4 Å². The second kappa shape index (κ2) is 8.23. The minimum absolute atomic E-state index is 0.0242. The van der Waals surface area contributed by atoms with Crippen LogP contribution in [0.2, 0.25) is 0 Å². The molecule has 0 radical (unpaired) electrons. The lowest BCUT2D eigenvalue weighted by molar-refractivity contribution is -0.124. The Morgan fingerprint density at radius 3 is 1.65 bits per heavy atom. The molecule has 0 aliphatic rings. The average molecular weight is 602 g/mol. The van der Waals surface area contributed by atoms with Gasteiger partial charge in [-0.05, 0) is 79.6 Å². The van der Waals surface area contributed by atoms with Crippen LogP contribution < -0.4 is 16.6 Å². The standard InChI is InChI=1S/C10H8Br5N3O2/c11-5-6(12)8(14)10(9(15)7(5)13)17-3(19)1-2-4(20)18-16/h1-2,16H2,(H,17,19)(H,18,20). The smallest absolute Gasteiger partial charge is 0.234 e. The zero-order chi connectivity index (χ0) is 15.4. The predicted molar refractivity (Wildman–Crippen MR) is 95.1 cm³/mol. The monoisotopic (exact) mass is 597 g/mol. The van der Waals surface area contributed by atoms with Crippen molar-refractivity contribution in [2.45, 2.75) is 12.8 Å². The molecule has 1 aromatic rings. The number of benzene rings is 1. The van der Waals surface area contributed by atoms with Gasteiger partial charge in [-0.1, -0.05) is 0 Å². The van der Waals surface area contributed by atoms with Crippen molar-refractivity contribution in [2.75, 3.05) is 5.32 Å². The normalized spacial score (nSPS) is 10.3. The van der Waals surface area contributed by atoms with Crippen molar-refractivity contribution >= 4 is 97.2 Å². The van der Waals surface area contributed by atoms with Gasteiger partial charge in [-0.25, -0.2) is 5.84 Å². The lowest BCUT2D eigenvalue weighted by Gasteiger charge is -2.14. The van der Waals surface area contributed by atoms with Crippen molar-refractivity contribution < 1.29 is 9.59 Å². The Kier molecular flexibility index (Phi) is 7.64. The van der Waals surface area contributed by atoms with E-state index >= 15 is 0 Å².